The van der Waals surface area contributed by atoms with Gasteiger partial charge in [-0.1, -0.05) is 48.5 Å². The van der Waals surface area contributed by atoms with Gasteiger partial charge in [0, 0.05) is 24.4 Å². The van der Waals surface area contributed by atoms with Crippen LogP contribution in [0.3, 0.4) is 0 Å². The molecule has 2 heterocycles. The third kappa shape index (κ3) is 2.94. The molecule has 1 aromatic heterocycles. The van der Waals surface area contributed by atoms with E-state index in [1.165, 1.54) is 0 Å². The average Bonchev–Trinajstić information content (AvgIpc) is 3.24. The van der Waals surface area contributed by atoms with Crippen LogP contribution in [0.2, 0.25) is 0 Å². The smallest absolute Gasteiger partial charge is 0.277 e. The number of aromatic hydroxyl groups is 1. The van der Waals surface area contributed by atoms with Gasteiger partial charge < -0.3 is 15.0 Å². The number of hydrogen-bond donors (Lipinski definition) is 2. The quantitative estimate of drug-likeness (QED) is 0.539. The van der Waals surface area contributed by atoms with Gasteiger partial charge in [-0.05, 0) is 18.6 Å². The van der Waals surface area contributed by atoms with Crippen LogP contribution in [0.25, 0.3) is 10.9 Å². The van der Waals surface area contributed by atoms with Gasteiger partial charge in [0.05, 0.1) is 5.52 Å². The molecule has 1 fully saturated rings. The molecule has 2 N–H and O–H groups in total. The Hall–Kier alpha value is -3.48. The van der Waals surface area contributed by atoms with E-state index in [9.17, 15) is 14.7 Å². The van der Waals surface area contributed by atoms with Gasteiger partial charge in [-0.3, -0.25) is 9.59 Å². The molecule has 3 aromatic rings. The molecule has 0 saturated carbocycles. The summed E-state index contributed by atoms with van der Waals surface area (Å²) in [5.41, 5.74) is 1.95. The second-order valence-corrected chi connectivity index (χ2v) is 6.71. The maximum atomic E-state index is 12.7. The molecule has 0 aliphatic carbocycles. The minimum atomic E-state index is -0.923. The first-order chi connectivity index (χ1) is 13.6. The summed E-state index contributed by atoms with van der Waals surface area (Å²) >= 11 is 0. The van der Waals surface area contributed by atoms with Gasteiger partial charge in [0.25, 0.3) is 5.91 Å². The van der Waals surface area contributed by atoms with Crippen molar-refractivity contribution in [3.05, 3.63) is 60.2 Å². The Morgan fingerprint density at radius 3 is 2.64 bits per heavy atom. The Labute approximate surface area is 161 Å². The number of aromatic nitrogens is 1. The lowest BCUT2D eigenvalue weighted by Crippen LogP contribution is -2.25. The van der Waals surface area contributed by atoms with Crippen molar-refractivity contribution in [3.63, 3.8) is 0 Å². The number of fused-ring (bicyclic) bond motifs is 1. The van der Waals surface area contributed by atoms with Crippen molar-refractivity contribution in [2.24, 2.45) is 16.1 Å². The van der Waals surface area contributed by atoms with Crippen molar-refractivity contribution >= 4 is 28.4 Å². The molecule has 2 atom stereocenters. The van der Waals surface area contributed by atoms with Crippen molar-refractivity contribution < 1.29 is 14.7 Å². The molecule has 0 unspecified atom stereocenters. The number of nitrogens with one attached hydrogen (secondary N) is 1. The molecule has 28 heavy (non-hydrogen) atoms. The van der Waals surface area contributed by atoms with E-state index in [1.54, 1.807) is 4.57 Å². The molecule has 142 valence electrons. The minimum Gasteiger partial charge on any atom is -0.493 e. The summed E-state index contributed by atoms with van der Waals surface area (Å²) in [6.07, 6.45) is 0. The summed E-state index contributed by atoms with van der Waals surface area (Å²) in [4.78, 5) is 25.0. The first-order valence-electron chi connectivity index (χ1n) is 9.20. The van der Waals surface area contributed by atoms with E-state index in [2.05, 4.69) is 15.5 Å². The Morgan fingerprint density at radius 2 is 1.89 bits per heavy atom. The number of nitrogens with zero attached hydrogens (tertiary/aromatic N) is 3. The molecule has 1 aliphatic rings. The van der Waals surface area contributed by atoms with Gasteiger partial charge in [0.15, 0.2) is 5.69 Å². The zero-order valence-electron chi connectivity index (χ0n) is 15.4. The summed E-state index contributed by atoms with van der Waals surface area (Å²) in [7, 11) is 0. The monoisotopic (exact) mass is 376 g/mol. The molecule has 7 nitrogen and oxygen atoms in total. The van der Waals surface area contributed by atoms with Crippen molar-refractivity contribution in [2.75, 3.05) is 6.54 Å². The Balaban J connectivity index is 1.67. The standard InChI is InChI=1S/C21H20N4O3/c1-2-25-16-11-7-6-10-14(16)18(21(25)28)23-24-20(27)17-15(12-22-19(17)26)13-8-4-3-5-9-13/h3-11,15,17,28H,2,12H2,1H3,(H,22,26)/t15-,17+/m0/s1. The van der Waals surface area contributed by atoms with Crippen LogP contribution in [0.15, 0.2) is 64.8 Å². The number of carbonyl (C=O) groups is 2. The number of rotatable bonds is 4. The van der Waals surface area contributed by atoms with Crippen molar-refractivity contribution in [2.45, 2.75) is 19.4 Å². The average molecular weight is 376 g/mol. The van der Waals surface area contributed by atoms with Crippen LogP contribution in [0.1, 0.15) is 18.4 Å². The van der Waals surface area contributed by atoms with Gasteiger partial charge in [-0.15, -0.1) is 10.2 Å². The number of amides is 2. The van der Waals surface area contributed by atoms with E-state index >= 15 is 0 Å². The molecular formula is C21H20N4O3. The fraction of sp³-hybridized carbons (Fsp3) is 0.238. The lowest BCUT2D eigenvalue weighted by Gasteiger charge is -2.13. The fourth-order valence-corrected chi connectivity index (χ4v) is 3.77. The lowest BCUT2D eigenvalue weighted by molar-refractivity contribution is -0.131. The number of para-hydroxylation sites is 1. The lowest BCUT2D eigenvalue weighted by atomic mass is 9.88. The van der Waals surface area contributed by atoms with Crippen LogP contribution >= 0.6 is 0 Å². The molecule has 4 rings (SSSR count). The minimum absolute atomic E-state index is 0.0456. The van der Waals surface area contributed by atoms with Crippen LogP contribution in [0.5, 0.6) is 5.88 Å². The second-order valence-electron chi connectivity index (χ2n) is 6.71. The van der Waals surface area contributed by atoms with E-state index in [1.807, 2.05) is 61.5 Å². The zero-order chi connectivity index (χ0) is 19.7. The number of benzene rings is 2. The first kappa shape index (κ1) is 17.9. The molecule has 7 heteroatoms. The largest absolute Gasteiger partial charge is 0.493 e. The highest BCUT2D eigenvalue weighted by molar-refractivity contribution is 6.03. The van der Waals surface area contributed by atoms with Gasteiger partial charge in [0.2, 0.25) is 11.8 Å². The first-order valence-corrected chi connectivity index (χ1v) is 9.20. The third-order valence-electron chi connectivity index (χ3n) is 5.16. The predicted octanol–water partition coefficient (Wildman–Crippen LogP) is 3.51. The second kappa shape index (κ2) is 7.26. The van der Waals surface area contributed by atoms with Crippen LogP contribution in [0, 0.1) is 5.92 Å². The van der Waals surface area contributed by atoms with Gasteiger partial charge in [-0.25, -0.2) is 0 Å². The highest BCUT2D eigenvalue weighted by atomic mass is 16.3. The highest BCUT2D eigenvalue weighted by Crippen LogP contribution is 2.39. The summed E-state index contributed by atoms with van der Waals surface area (Å²) in [5, 5.41) is 21.8. The molecule has 2 amide bonds. The normalized spacial score (nSPS) is 19.4. The van der Waals surface area contributed by atoms with E-state index in [0.29, 0.717) is 18.5 Å². The van der Waals surface area contributed by atoms with Crippen molar-refractivity contribution in [3.8, 4) is 5.88 Å². The molecule has 2 aromatic carbocycles. The van der Waals surface area contributed by atoms with Crippen LogP contribution in [0.4, 0.5) is 5.69 Å². The van der Waals surface area contributed by atoms with E-state index < -0.39 is 11.8 Å². The summed E-state index contributed by atoms with van der Waals surface area (Å²) in [5.74, 6) is -2.22. The molecule has 0 radical (unpaired) electrons. The number of carbonyl (C=O) groups excluding carboxylic acids is 2. The van der Waals surface area contributed by atoms with E-state index in [0.717, 1.165) is 11.1 Å². The fourth-order valence-electron chi connectivity index (χ4n) is 3.77. The molecular weight excluding hydrogens is 356 g/mol. The van der Waals surface area contributed by atoms with Gasteiger partial charge in [-0.2, -0.15) is 0 Å². The van der Waals surface area contributed by atoms with Crippen LogP contribution in [-0.2, 0) is 16.1 Å². The van der Waals surface area contributed by atoms with Crippen LogP contribution in [-0.4, -0.2) is 28.0 Å². The van der Waals surface area contributed by atoms with Crippen LogP contribution < -0.4 is 5.32 Å². The van der Waals surface area contributed by atoms with Gasteiger partial charge >= 0.3 is 0 Å². The summed E-state index contributed by atoms with van der Waals surface area (Å²) < 4.78 is 1.70. The van der Waals surface area contributed by atoms with Crippen molar-refractivity contribution in [1.29, 1.82) is 0 Å². The Morgan fingerprint density at radius 1 is 1.18 bits per heavy atom. The van der Waals surface area contributed by atoms with Crippen molar-refractivity contribution in [1.82, 2.24) is 9.88 Å². The Bertz CT molecular complexity index is 1070. The predicted molar refractivity (Wildman–Crippen MR) is 104 cm³/mol. The maximum Gasteiger partial charge on any atom is 0.277 e. The molecule has 1 saturated heterocycles. The molecule has 0 bridgehead atoms. The number of azo groups is 1. The molecule has 1 aliphatic heterocycles. The Kier molecular flexibility index (Phi) is 4.65. The van der Waals surface area contributed by atoms with E-state index in [-0.39, 0.29) is 23.4 Å². The maximum absolute atomic E-state index is 12.7. The summed E-state index contributed by atoms with van der Waals surface area (Å²) in [6.45, 7) is 2.84. The number of hydrogen-bond acceptors (Lipinski definition) is 4. The summed E-state index contributed by atoms with van der Waals surface area (Å²) in [6, 6.07) is 16.8. The number of aryl methyl sites for hydroxylation is 1. The van der Waals surface area contributed by atoms with Gasteiger partial charge in [0.1, 0.15) is 5.92 Å². The third-order valence-corrected chi connectivity index (χ3v) is 5.16. The zero-order valence-corrected chi connectivity index (χ0v) is 15.4. The highest BCUT2D eigenvalue weighted by Gasteiger charge is 2.41. The molecule has 0 spiro atoms. The topological polar surface area (TPSA) is 96.0 Å². The SMILES string of the molecule is CCn1c(O)c(N=NC(=O)[C@H]2C(=O)NC[C@H]2c2ccccc2)c2ccccc21. The van der Waals surface area contributed by atoms with E-state index in [4.69, 9.17) is 0 Å².